The molecule has 2 rings (SSSR count). The van der Waals surface area contributed by atoms with Gasteiger partial charge >= 0.3 is 0 Å². The summed E-state index contributed by atoms with van der Waals surface area (Å²) >= 11 is 0. The van der Waals surface area contributed by atoms with Crippen molar-refractivity contribution in [3.63, 3.8) is 0 Å². The van der Waals surface area contributed by atoms with Gasteiger partial charge in [0.25, 0.3) is 0 Å². The van der Waals surface area contributed by atoms with Gasteiger partial charge in [-0.05, 0) is 43.9 Å². The molecule has 1 aromatic rings. The van der Waals surface area contributed by atoms with E-state index in [1.165, 1.54) is 25.7 Å². The molecule has 1 fully saturated rings. The summed E-state index contributed by atoms with van der Waals surface area (Å²) in [6, 6.07) is 5.73. The van der Waals surface area contributed by atoms with Gasteiger partial charge in [-0.3, -0.25) is 4.79 Å². The second-order valence-corrected chi connectivity index (χ2v) is 5.36. The highest BCUT2D eigenvalue weighted by Crippen LogP contribution is 2.28. The van der Waals surface area contributed by atoms with Crippen molar-refractivity contribution in [2.75, 3.05) is 24.2 Å². The van der Waals surface area contributed by atoms with Crippen LogP contribution in [0.2, 0.25) is 0 Å². The standard InChI is InChI=1S/C15H22N2O/c1-11(18)14-8-7-13(9-15(14)16)17(2)10-12-5-3-4-6-12/h7-9,12H,3-6,10,16H2,1-2H3. The van der Waals surface area contributed by atoms with Gasteiger partial charge < -0.3 is 10.6 Å². The van der Waals surface area contributed by atoms with Crippen molar-refractivity contribution >= 4 is 17.2 Å². The van der Waals surface area contributed by atoms with E-state index in [1.54, 1.807) is 6.92 Å². The number of ketones is 1. The molecular weight excluding hydrogens is 224 g/mol. The van der Waals surface area contributed by atoms with Gasteiger partial charge in [-0.2, -0.15) is 0 Å². The van der Waals surface area contributed by atoms with Gasteiger partial charge in [-0.25, -0.2) is 0 Å². The van der Waals surface area contributed by atoms with Crippen LogP contribution in [0.5, 0.6) is 0 Å². The molecule has 18 heavy (non-hydrogen) atoms. The van der Waals surface area contributed by atoms with E-state index in [9.17, 15) is 4.79 Å². The van der Waals surface area contributed by atoms with Crippen molar-refractivity contribution in [2.24, 2.45) is 5.92 Å². The van der Waals surface area contributed by atoms with Crippen molar-refractivity contribution in [3.05, 3.63) is 23.8 Å². The Labute approximate surface area is 109 Å². The Morgan fingerprint density at radius 3 is 2.61 bits per heavy atom. The van der Waals surface area contributed by atoms with Gasteiger partial charge in [0.15, 0.2) is 5.78 Å². The average Bonchev–Trinajstić information content (AvgIpc) is 2.81. The van der Waals surface area contributed by atoms with Gasteiger partial charge in [-0.15, -0.1) is 0 Å². The lowest BCUT2D eigenvalue weighted by Crippen LogP contribution is -2.24. The van der Waals surface area contributed by atoms with Crippen LogP contribution in [-0.4, -0.2) is 19.4 Å². The Bertz CT molecular complexity index is 436. The number of carbonyl (C=O) groups excluding carboxylic acids is 1. The van der Waals surface area contributed by atoms with Crippen LogP contribution in [0, 0.1) is 5.92 Å². The topological polar surface area (TPSA) is 46.3 Å². The summed E-state index contributed by atoms with van der Waals surface area (Å²) in [5.74, 6) is 0.834. The van der Waals surface area contributed by atoms with E-state index in [2.05, 4.69) is 11.9 Å². The summed E-state index contributed by atoms with van der Waals surface area (Å²) < 4.78 is 0. The molecule has 0 spiro atoms. The highest BCUT2D eigenvalue weighted by atomic mass is 16.1. The van der Waals surface area contributed by atoms with Gasteiger partial charge in [0.2, 0.25) is 0 Å². The van der Waals surface area contributed by atoms with Crippen LogP contribution in [0.1, 0.15) is 43.0 Å². The molecule has 98 valence electrons. The van der Waals surface area contributed by atoms with Crippen molar-refractivity contribution < 1.29 is 4.79 Å². The molecule has 1 aliphatic carbocycles. The van der Waals surface area contributed by atoms with Crippen LogP contribution in [-0.2, 0) is 0 Å². The maximum Gasteiger partial charge on any atom is 0.161 e. The summed E-state index contributed by atoms with van der Waals surface area (Å²) in [5, 5.41) is 0. The smallest absolute Gasteiger partial charge is 0.161 e. The number of hydrogen-bond donors (Lipinski definition) is 1. The second kappa shape index (κ2) is 5.42. The zero-order chi connectivity index (χ0) is 13.1. The molecule has 1 aliphatic rings. The lowest BCUT2D eigenvalue weighted by molar-refractivity contribution is 0.101. The monoisotopic (exact) mass is 246 g/mol. The predicted octanol–water partition coefficient (Wildman–Crippen LogP) is 3.10. The molecule has 0 heterocycles. The first-order valence-electron chi connectivity index (χ1n) is 6.69. The first-order valence-corrected chi connectivity index (χ1v) is 6.69. The third-order valence-corrected chi connectivity index (χ3v) is 3.86. The molecule has 0 radical (unpaired) electrons. The van der Waals surface area contributed by atoms with E-state index < -0.39 is 0 Å². The molecule has 2 N–H and O–H groups in total. The number of nitrogen functional groups attached to an aromatic ring is 1. The Balaban J connectivity index is 2.08. The van der Waals surface area contributed by atoms with Crippen LogP contribution < -0.4 is 10.6 Å². The quantitative estimate of drug-likeness (QED) is 0.656. The van der Waals surface area contributed by atoms with Crippen LogP contribution in [0.25, 0.3) is 0 Å². The molecule has 0 saturated heterocycles. The Hall–Kier alpha value is -1.51. The molecule has 0 amide bonds. The van der Waals surface area contributed by atoms with E-state index in [-0.39, 0.29) is 5.78 Å². The SMILES string of the molecule is CC(=O)c1ccc(N(C)CC2CCCC2)cc1N. The third kappa shape index (κ3) is 2.84. The number of nitrogens with two attached hydrogens (primary N) is 1. The minimum absolute atomic E-state index is 0.0255. The molecular formula is C15H22N2O. The number of carbonyl (C=O) groups is 1. The molecule has 0 bridgehead atoms. The first kappa shape index (κ1) is 12.9. The van der Waals surface area contributed by atoms with E-state index in [0.29, 0.717) is 11.3 Å². The van der Waals surface area contributed by atoms with E-state index in [0.717, 1.165) is 18.2 Å². The minimum atomic E-state index is 0.0255. The maximum atomic E-state index is 11.3. The summed E-state index contributed by atoms with van der Waals surface area (Å²) in [6.45, 7) is 2.63. The van der Waals surface area contributed by atoms with Crippen molar-refractivity contribution in [2.45, 2.75) is 32.6 Å². The van der Waals surface area contributed by atoms with Crippen LogP contribution >= 0.6 is 0 Å². The molecule has 3 heteroatoms. The Morgan fingerprint density at radius 1 is 1.39 bits per heavy atom. The molecule has 1 saturated carbocycles. The predicted molar refractivity (Wildman–Crippen MR) is 76.1 cm³/mol. The van der Waals surface area contributed by atoms with E-state index >= 15 is 0 Å². The minimum Gasteiger partial charge on any atom is -0.398 e. The number of rotatable bonds is 4. The summed E-state index contributed by atoms with van der Waals surface area (Å²) in [5.41, 5.74) is 8.22. The fraction of sp³-hybridized carbons (Fsp3) is 0.533. The molecule has 3 nitrogen and oxygen atoms in total. The van der Waals surface area contributed by atoms with E-state index in [1.807, 2.05) is 18.2 Å². The molecule has 0 aromatic heterocycles. The Morgan fingerprint density at radius 2 is 2.06 bits per heavy atom. The van der Waals surface area contributed by atoms with Crippen molar-refractivity contribution in [1.29, 1.82) is 0 Å². The zero-order valence-corrected chi connectivity index (χ0v) is 11.3. The van der Waals surface area contributed by atoms with Gasteiger partial charge in [0, 0.05) is 30.5 Å². The number of Topliss-reactive ketones (excluding diaryl/α,β-unsaturated/α-hetero) is 1. The van der Waals surface area contributed by atoms with Crippen LogP contribution in [0.4, 0.5) is 11.4 Å². The largest absolute Gasteiger partial charge is 0.398 e. The van der Waals surface area contributed by atoms with Gasteiger partial charge in [-0.1, -0.05) is 12.8 Å². The fourth-order valence-corrected chi connectivity index (χ4v) is 2.79. The zero-order valence-electron chi connectivity index (χ0n) is 11.3. The summed E-state index contributed by atoms with van der Waals surface area (Å²) in [6.07, 6.45) is 5.41. The lowest BCUT2D eigenvalue weighted by Gasteiger charge is -2.23. The molecule has 0 atom stereocenters. The van der Waals surface area contributed by atoms with Crippen molar-refractivity contribution in [1.82, 2.24) is 0 Å². The number of nitrogens with zero attached hydrogens (tertiary/aromatic N) is 1. The molecule has 0 aliphatic heterocycles. The van der Waals surface area contributed by atoms with Crippen LogP contribution in [0.15, 0.2) is 18.2 Å². The first-order chi connectivity index (χ1) is 8.58. The number of benzene rings is 1. The second-order valence-electron chi connectivity index (χ2n) is 5.36. The molecule has 1 aromatic carbocycles. The third-order valence-electron chi connectivity index (χ3n) is 3.86. The Kier molecular flexibility index (Phi) is 3.90. The lowest BCUT2D eigenvalue weighted by atomic mass is 10.1. The van der Waals surface area contributed by atoms with Gasteiger partial charge in [0.1, 0.15) is 0 Å². The summed E-state index contributed by atoms with van der Waals surface area (Å²) in [7, 11) is 2.10. The normalized spacial score (nSPS) is 15.9. The maximum absolute atomic E-state index is 11.3. The number of anilines is 2. The van der Waals surface area contributed by atoms with Crippen molar-refractivity contribution in [3.8, 4) is 0 Å². The highest BCUT2D eigenvalue weighted by Gasteiger charge is 2.17. The van der Waals surface area contributed by atoms with Crippen LogP contribution in [0.3, 0.4) is 0 Å². The van der Waals surface area contributed by atoms with Gasteiger partial charge in [0.05, 0.1) is 0 Å². The van der Waals surface area contributed by atoms with E-state index in [4.69, 9.17) is 5.73 Å². The highest BCUT2D eigenvalue weighted by molar-refractivity contribution is 5.99. The molecule has 0 unspecified atom stereocenters. The fourth-order valence-electron chi connectivity index (χ4n) is 2.79. The summed E-state index contributed by atoms with van der Waals surface area (Å²) in [4.78, 5) is 13.6. The number of hydrogen-bond acceptors (Lipinski definition) is 3. The average molecular weight is 246 g/mol.